The number of nitrogens with one attached hydrogen (secondary N) is 1. The molecule has 2 atom stereocenters. The molecule has 3 aromatic rings. The van der Waals surface area contributed by atoms with Gasteiger partial charge in [0.05, 0.1) is 42.7 Å². The molecule has 1 saturated heterocycles. The number of carbonyl (C=O) groups excluding carboxylic acids is 1. The minimum atomic E-state index is -4.59. The average molecular weight is 525 g/mol. The molecule has 1 aliphatic rings. The van der Waals surface area contributed by atoms with Crippen LogP contribution in [-0.2, 0) is 13.2 Å². The molecule has 4 heterocycles. The molecular weight excluding hydrogens is 501 g/mol. The van der Waals surface area contributed by atoms with Gasteiger partial charge in [-0.1, -0.05) is 6.92 Å². The number of aryl methyl sites for hydroxylation is 1. The first kappa shape index (κ1) is 26.2. The van der Waals surface area contributed by atoms with E-state index in [2.05, 4.69) is 25.4 Å². The standard InChI is InChI=1S/C23H24F5N7O2/c1-13-6-22(24,25)12-35(18(13)10-32-21-30-7-14(8-31-21)23(26,27)28)20(36)19-16(11-34(2)33-19)17-5-4-15(37-3)9-29-17/h4-5,7-9,11,13,18H,6,10,12H2,1-3H3,(H,30,31,32)/t13-,18-/m1/s1. The number of rotatable bonds is 6. The Labute approximate surface area is 208 Å². The predicted molar refractivity (Wildman–Crippen MR) is 122 cm³/mol. The number of piperidine rings is 1. The maximum absolute atomic E-state index is 14.6. The van der Waals surface area contributed by atoms with Gasteiger partial charge in [0.2, 0.25) is 5.95 Å². The summed E-state index contributed by atoms with van der Waals surface area (Å²) in [6.45, 7) is 0.678. The van der Waals surface area contributed by atoms with E-state index in [0.717, 1.165) is 4.90 Å². The van der Waals surface area contributed by atoms with Crippen LogP contribution in [0, 0.1) is 5.92 Å². The van der Waals surface area contributed by atoms with E-state index in [1.165, 1.54) is 18.0 Å². The Hall–Kier alpha value is -3.84. The van der Waals surface area contributed by atoms with Gasteiger partial charge in [-0.15, -0.1) is 0 Å². The third kappa shape index (κ3) is 5.78. The zero-order valence-corrected chi connectivity index (χ0v) is 20.1. The molecule has 0 unspecified atom stereocenters. The largest absolute Gasteiger partial charge is 0.495 e. The summed E-state index contributed by atoms with van der Waals surface area (Å²) < 4.78 is 74.0. The SMILES string of the molecule is COc1ccc(-c2cn(C)nc2C(=O)N2CC(F)(F)C[C@@H](C)[C@H]2CNc2ncc(C(F)(F)F)cn2)nc1. The van der Waals surface area contributed by atoms with Gasteiger partial charge in [0, 0.05) is 38.6 Å². The Balaban J connectivity index is 1.60. The molecule has 0 aromatic carbocycles. The quantitative estimate of drug-likeness (QED) is 0.488. The Bertz CT molecular complexity index is 1250. The number of likely N-dealkylation sites (tertiary alicyclic amines) is 1. The molecule has 1 N–H and O–H groups in total. The van der Waals surface area contributed by atoms with Gasteiger partial charge in [-0.25, -0.2) is 18.7 Å². The highest BCUT2D eigenvalue weighted by atomic mass is 19.4. The van der Waals surface area contributed by atoms with E-state index in [-0.39, 0.29) is 18.2 Å². The molecule has 0 saturated carbocycles. The number of nitrogens with zero attached hydrogens (tertiary/aromatic N) is 6. The van der Waals surface area contributed by atoms with Crippen molar-refractivity contribution in [1.29, 1.82) is 0 Å². The van der Waals surface area contributed by atoms with E-state index in [1.54, 1.807) is 32.3 Å². The fourth-order valence-corrected chi connectivity index (χ4v) is 4.27. The van der Waals surface area contributed by atoms with Crippen molar-refractivity contribution in [2.45, 2.75) is 31.5 Å². The van der Waals surface area contributed by atoms with Gasteiger partial charge >= 0.3 is 6.18 Å². The fourth-order valence-electron chi connectivity index (χ4n) is 4.27. The molecule has 0 radical (unpaired) electrons. The van der Waals surface area contributed by atoms with Crippen LogP contribution in [0.25, 0.3) is 11.3 Å². The second-order valence-electron chi connectivity index (χ2n) is 8.86. The average Bonchev–Trinajstić information content (AvgIpc) is 3.23. The summed E-state index contributed by atoms with van der Waals surface area (Å²) in [6, 6.07) is 2.54. The highest BCUT2D eigenvalue weighted by molar-refractivity contribution is 5.98. The Morgan fingerprint density at radius 2 is 1.89 bits per heavy atom. The van der Waals surface area contributed by atoms with Crippen molar-refractivity contribution >= 4 is 11.9 Å². The zero-order valence-electron chi connectivity index (χ0n) is 20.1. The molecule has 4 rings (SSSR count). The van der Waals surface area contributed by atoms with Gasteiger partial charge in [0.25, 0.3) is 11.8 Å². The molecule has 1 amide bonds. The number of halogens is 5. The molecule has 14 heteroatoms. The molecule has 1 aliphatic heterocycles. The van der Waals surface area contributed by atoms with Crippen LogP contribution < -0.4 is 10.1 Å². The maximum Gasteiger partial charge on any atom is 0.419 e. The highest BCUT2D eigenvalue weighted by Crippen LogP contribution is 2.36. The first-order valence-electron chi connectivity index (χ1n) is 11.2. The van der Waals surface area contributed by atoms with Crippen LogP contribution in [0.1, 0.15) is 29.4 Å². The molecule has 3 aromatic heterocycles. The molecule has 198 valence electrons. The van der Waals surface area contributed by atoms with Crippen molar-refractivity contribution in [3.05, 3.63) is 48.2 Å². The molecule has 9 nitrogen and oxygen atoms in total. The van der Waals surface area contributed by atoms with Crippen molar-refractivity contribution in [2.75, 3.05) is 25.5 Å². The van der Waals surface area contributed by atoms with Crippen LogP contribution in [0.3, 0.4) is 0 Å². The van der Waals surface area contributed by atoms with Crippen molar-refractivity contribution < 1.29 is 31.5 Å². The summed E-state index contributed by atoms with van der Waals surface area (Å²) in [4.78, 5) is 26.2. The summed E-state index contributed by atoms with van der Waals surface area (Å²) in [5, 5.41) is 6.99. The van der Waals surface area contributed by atoms with E-state index in [4.69, 9.17) is 4.74 Å². The Morgan fingerprint density at radius 1 is 1.19 bits per heavy atom. The van der Waals surface area contributed by atoms with Crippen LogP contribution in [0.5, 0.6) is 5.75 Å². The number of anilines is 1. The van der Waals surface area contributed by atoms with Crippen molar-refractivity contribution in [2.24, 2.45) is 13.0 Å². The van der Waals surface area contributed by atoms with E-state index < -0.39 is 48.5 Å². The lowest BCUT2D eigenvalue weighted by molar-refractivity contribution is -0.138. The van der Waals surface area contributed by atoms with Crippen LogP contribution in [0.15, 0.2) is 36.9 Å². The first-order chi connectivity index (χ1) is 17.4. The summed E-state index contributed by atoms with van der Waals surface area (Å²) in [7, 11) is 3.08. The lowest BCUT2D eigenvalue weighted by Crippen LogP contribution is -2.57. The molecule has 0 spiro atoms. The molecule has 37 heavy (non-hydrogen) atoms. The highest BCUT2D eigenvalue weighted by Gasteiger charge is 2.47. The molecule has 0 bridgehead atoms. The van der Waals surface area contributed by atoms with Crippen molar-refractivity contribution in [3.63, 3.8) is 0 Å². The van der Waals surface area contributed by atoms with E-state index in [0.29, 0.717) is 29.4 Å². The fraction of sp³-hybridized carbons (Fsp3) is 0.435. The zero-order chi connectivity index (χ0) is 27.0. The number of hydrogen-bond donors (Lipinski definition) is 1. The summed E-state index contributed by atoms with van der Waals surface area (Å²) in [5.74, 6) is -4.13. The molecule has 0 aliphatic carbocycles. The summed E-state index contributed by atoms with van der Waals surface area (Å²) >= 11 is 0. The van der Waals surface area contributed by atoms with Crippen molar-refractivity contribution in [1.82, 2.24) is 29.6 Å². The van der Waals surface area contributed by atoms with Gasteiger partial charge in [-0.05, 0) is 18.1 Å². The molecular formula is C23H24F5N7O2. The predicted octanol–water partition coefficient (Wildman–Crippen LogP) is 3.90. The first-order valence-corrected chi connectivity index (χ1v) is 11.2. The number of methoxy groups -OCH3 is 1. The number of alkyl halides is 5. The monoisotopic (exact) mass is 525 g/mol. The van der Waals surface area contributed by atoms with Gasteiger partial charge < -0.3 is 15.0 Å². The normalized spacial score (nSPS) is 19.5. The maximum atomic E-state index is 14.6. The van der Waals surface area contributed by atoms with Gasteiger partial charge in [0.15, 0.2) is 5.69 Å². The third-order valence-corrected chi connectivity index (χ3v) is 6.07. The van der Waals surface area contributed by atoms with Crippen LogP contribution in [0.4, 0.5) is 27.9 Å². The Morgan fingerprint density at radius 3 is 2.49 bits per heavy atom. The second kappa shape index (κ2) is 9.90. The number of amides is 1. The Kier molecular flexibility index (Phi) is 7.02. The number of hydrogen-bond acceptors (Lipinski definition) is 7. The minimum absolute atomic E-state index is 0.0548. The van der Waals surface area contributed by atoms with Gasteiger partial charge in [-0.2, -0.15) is 18.3 Å². The van der Waals surface area contributed by atoms with E-state index in [1.807, 2.05) is 0 Å². The number of ether oxygens (including phenoxy) is 1. The van der Waals surface area contributed by atoms with E-state index in [9.17, 15) is 26.7 Å². The summed E-state index contributed by atoms with van der Waals surface area (Å²) in [6.07, 6.45) is -0.782. The topological polar surface area (TPSA) is 98.1 Å². The van der Waals surface area contributed by atoms with Crippen molar-refractivity contribution in [3.8, 4) is 17.0 Å². The lowest BCUT2D eigenvalue weighted by Gasteiger charge is -2.43. The van der Waals surface area contributed by atoms with Crippen LogP contribution in [0.2, 0.25) is 0 Å². The smallest absolute Gasteiger partial charge is 0.419 e. The van der Waals surface area contributed by atoms with Crippen LogP contribution in [-0.4, -0.2) is 67.7 Å². The van der Waals surface area contributed by atoms with Gasteiger partial charge in [0.1, 0.15) is 5.75 Å². The third-order valence-electron chi connectivity index (χ3n) is 6.07. The number of pyridine rings is 1. The van der Waals surface area contributed by atoms with Gasteiger partial charge in [-0.3, -0.25) is 14.5 Å². The van der Waals surface area contributed by atoms with Crippen LogP contribution >= 0.6 is 0 Å². The second-order valence-corrected chi connectivity index (χ2v) is 8.86. The molecule has 1 fully saturated rings. The number of carbonyl (C=O) groups is 1. The minimum Gasteiger partial charge on any atom is -0.495 e. The number of aromatic nitrogens is 5. The lowest BCUT2D eigenvalue weighted by atomic mass is 9.88. The summed E-state index contributed by atoms with van der Waals surface area (Å²) in [5.41, 5.74) is -0.312. The van der Waals surface area contributed by atoms with E-state index >= 15 is 0 Å².